The van der Waals surface area contributed by atoms with Crippen molar-refractivity contribution in [2.24, 2.45) is 0 Å². The van der Waals surface area contributed by atoms with E-state index in [0.717, 1.165) is 34.1 Å². The summed E-state index contributed by atoms with van der Waals surface area (Å²) in [6.45, 7) is 11.2. The molecule has 53 heavy (non-hydrogen) atoms. The highest BCUT2D eigenvalue weighted by atomic mass is 15.1. The molecule has 8 rings (SSSR count). The largest absolute Gasteiger partial charge is 0.310 e. The van der Waals surface area contributed by atoms with Crippen LogP contribution in [0.1, 0.15) is 67.3 Å². The van der Waals surface area contributed by atoms with Crippen molar-refractivity contribution >= 4 is 66.4 Å². The van der Waals surface area contributed by atoms with Gasteiger partial charge in [0, 0.05) is 33.5 Å². The minimum Gasteiger partial charge on any atom is -0.310 e. The normalized spacial score (nSPS) is 11.4. The molecule has 0 heterocycles. The Hall–Kier alpha value is -6.62. The number of hydrogen-bond donors (Lipinski definition) is 0. The molecule has 0 saturated heterocycles. The lowest BCUT2D eigenvalue weighted by molar-refractivity contribution is 0.875. The van der Waals surface area contributed by atoms with Gasteiger partial charge in [-0.1, -0.05) is 82.3 Å². The third kappa shape index (κ3) is 5.80. The summed E-state index contributed by atoms with van der Waals surface area (Å²) in [5, 5.41) is 26.6. The summed E-state index contributed by atoms with van der Waals surface area (Å²) >= 11 is 0. The van der Waals surface area contributed by atoms with Gasteiger partial charge < -0.3 is 9.80 Å². The van der Waals surface area contributed by atoms with Gasteiger partial charge in [-0.3, -0.25) is 0 Å². The lowest BCUT2D eigenvalue weighted by Crippen LogP contribution is -2.13. The van der Waals surface area contributed by atoms with Crippen molar-refractivity contribution in [1.29, 1.82) is 10.5 Å². The van der Waals surface area contributed by atoms with Gasteiger partial charge in [0.1, 0.15) is 0 Å². The number of aryl methyl sites for hydroxylation is 1. The second-order valence-corrected chi connectivity index (χ2v) is 14.5. The number of anilines is 6. The fraction of sp³-hybridized carbons (Fsp3) is 0.143. The van der Waals surface area contributed by atoms with Crippen LogP contribution in [0.3, 0.4) is 0 Å². The highest BCUT2D eigenvalue weighted by Gasteiger charge is 2.26. The number of rotatable bonds is 8. The maximum Gasteiger partial charge on any atom is 0.0991 e. The molecule has 0 aliphatic rings. The van der Waals surface area contributed by atoms with Gasteiger partial charge >= 0.3 is 0 Å². The minimum atomic E-state index is 0.266. The Kier molecular flexibility index (Phi) is 8.54. The van der Waals surface area contributed by atoms with Crippen molar-refractivity contribution in [3.8, 4) is 12.1 Å². The minimum absolute atomic E-state index is 0.266. The number of nitrogens with zero attached hydrogens (tertiary/aromatic N) is 4. The van der Waals surface area contributed by atoms with E-state index in [1.807, 2.05) is 42.5 Å². The van der Waals surface area contributed by atoms with Crippen LogP contribution < -0.4 is 9.80 Å². The Labute approximate surface area is 311 Å². The zero-order valence-corrected chi connectivity index (χ0v) is 30.7. The predicted molar refractivity (Wildman–Crippen MR) is 222 cm³/mol. The van der Waals surface area contributed by atoms with Crippen molar-refractivity contribution in [3.05, 3.63) is 167 Å². The van der Waals surface area contributed by atoms with Crippen LogP contribution in [0.2, 0.25) is 0 Å². The van der Waals surface area contributed by atoms with Crippen molar-refractivity contribution in [3.63, 3.8) is 0 Å². The molecular weight excluding hydrogens is 645 g/mol. The Bertz CT molecular complexity index is 2690. The standard InChI is InChI=1S/C49H40N4/c1-31(2)44-27-46(52(36-11-7-6-8-12-36)37-18-14-34(29-50)15-19-37)42-24-22-41-45(32(3)4)28-47(43-25-23-40(44)48(42)49(41)43)53(39-13-9-10-33(5)26-39)38-20-16-35(30-51)17-21-38/h6-28,31-32H,1-5H3. The molecule has 0 unspecified atom stereocenters. The molecular formula is C49H40N4. The maximum absolute atomic E-state index is 9.65. The van der Waals surface area contributed by atoms with Crippen molar-refractivity contribution in [1.82, 2.24) is 0 Å². The van der Waals surface area contributed by atoms with Gasteiger partial charge in [0.05, 0.1) is 34.6 Å². The molecule has 0 radical (unpaired) electrons. The van der Waals surface area contributed by atoms with E-state index in [2.05, 4.69) is 154 Å². The molecule has 4 nitrogen and oxygen atoms in total. The first-order valence-electron chi connectivity index (χ1n) is 18.3. The first kappa shape index (κ1) is 33.5. The smallest absolute Gasteiger partial charge is 0.0991 e. The average molecular weight is 685 g/mol. The lowest BCUT2D eigenvalue weighted by Gasteiger charge is -2.31. The van der Waals surface area contributed by atoms with Crippen molar-refractivity contribution < 1.29 is 0 Å². The van der Waals surface area contributed by atoms with Crippen LogP contribution in [-0.4, -0.2) is 0 Å². The molecule has 0 spiro atoms. The van der Waals surface area contributed by atoms with E-state index >= 15 is 0 Å². The van der Waals surface area contributed by atoms with Crippen LogP contribution in [-0.2, 0) is 0 Å². The Balaban J connectivity index is 1.51. The number of nitriles is 2. The zero-order valence-electron chi connectivity index (χ0n) is 30.7. The molecule has 8 aromatic carbocycles. The van der Waals surface area contributed by atoms with E-state index < -0.39 is 0 Å². The molecule has 0 aliphatic heterocycles. The van der Waals surface area contributed by atoms with Gasteiger partial charge in [0.25, 0.3) is 0 Å². The highest BCUT2D eigenvalue weighted by molar-refractivity contribution is 6.29. The van der Waals surface area contributed by atoms with Gasteiger partial charge in [0.2, 0.25) is 0 Å². The monoisotopic (exact) mass is 684 g/mol. The van der Waals surface area contributed by atoms with Gasteiger partial charge in [-0.05, 0) is 142 Å². The molecule has 4 heteroatoms. The topological polar surface area (TPSA) is 54.1 Å². The quantitative estimate of drug-likeness (QED) is 0.150. The van der Waals surface area contributed by atoms with Crippen molar-refractivity contribution in [2.75, 3.05) is 9.80 Å². The lowest BCUT2D eigenvalue weighted by atomic mass is 9.84. The summed E-state index contributed by atoms with van der Waals surface area (Å²) in [7, 11) is 0. The SMILES string of the molecule is Cc1cccc(N(c2ccc(C#N)cc2)c2cc(C(C)C)c3ccc4c(N(c5ccccc5)c5ccc(C#N)cc5)cc(C(C)C)c5ccc2c3c54)c1. The van der Waals surface area contributed by atoms with Gasteiger partial charge in [-0.2, -0.15) is 10.5 Å². The van der Waals surface area contributed by atoms with Gasteiger partial charge in [0.15, 0.2) is 0 Å². The second kappa shape index (κ2) is 13.5. The third-order valence-electron chi connectivity index (χ3n) is 10.4. The average Bonchev–Trinajstić information content (AvgIpc) is 3.18. The van der Waals surface area contributed by atoms with Gasteiger partial charge in [-0.25, -0.2) is 0 Å². The predicted octanol–water partition coefficient (Wildman–Crippen LogP) is 13.8. The van der Waals surface area contributed by atoms with E-state index in [1.165, 1.54) is 49.0 Å². The molecule has 0 amide bonds. The third-order valence-corrected chi connectivity index (χ3v) is 10.4. The Morgan fingerprint density at radius 1 is 0.434 bits per heavy atom. The Morgan fingerprint density at radius 3 is 1.28 bits per heavy atom. The first-order valence-corrected chi connectivity index (χ1v) is 18.3. The van der Waals surface area contributed by atoms with Crippen LogP contribution in [0.25, 0.3) is 32.3 Å². The second-order valence-electron chi connectivity index (χ2n) is 14.5. The molecule has 0 atom stereocenters. The van der Waals surface area contributed by atoms with Crippen LogP contribution >= 0.6 is 0 Å². The van der Waals surface area contributed by atoms with Crippen LogP contribution in [0.15, 0.2) is 140 Å². The molecule has 0 N–H and O–H groups in total. The van der Waals surface area contributed by atoms with Crippen LogP contribution in [0.5, 0.6) is 0 Å². The molecule has 0 aromatic heterocycles. The summed E-state index contributed by atoms with van der Waals surface area (Å²) in [6, 6.07) is 53.6. The summed E-state index contributed by atoms with van der Waals surface area (Å²) in [5.41, 5.74) is 11.3. The van der Waals surface area contributed by atoms with E-state index in [1.54, 1.807) is 0 Å². The van der Waals surface area contributed by atoms with E-state index in [-0.39, 0.29) is 11.8 Å². The van der Waals surface area contributed by atoms with Crippen LogP contribution in [0, 0.1) is 29.6 Å². The fourth-order valence-electron chi connectivity index (χ4n) is 7.90. The summed E-state index contributed by atoms with van der Waals surface area (Å²) in [4.78, 5) is 4.68. The molecule has 0 aliphatic carbocycles. The van der Waals surface area contributed by atoms with Crippen molar-refractivity contribution in [2.45, 2.75) is 46.5 Å². The number of para-hydroxylation sites is 1. The zero-order chi connectivity index (χ0) is 36.8. The molecule has 0 fully saturated rings. The van der Waals surface area contributed by atoms with Crippen LogP contribution in [0.4, 0.5) is 34.1 Å². The summed E-state index contributed by atoms with van der Waals surface area (Å²) < 4.78 is 0. The molecule has 256 valence electrons. The maximum atomic E-state index is 9.65. The van der Waals surface area contributed by atoms with E-state index in [4.69, 9.17) is 0 Å². The summed E-state index contributed by atoms with van der Waals surface area (Å²) in [5.74, 6) is 0.533. The summed E-state index contributed by atoms with van der Waals surface area (Å²) in [6.07, 6.45) is 0. The Morgan fingerprint density at radius 2 is 0.849 bits per heavy atom. The van der Waals surface area contributed by atoms with E-state index in [0.29, 0.717) is 11.1 Å². The molecule has 0 saturated carbocycles. The number of hydrogen-bond acceptors (Lipinski definition) is 4. The fourth-order valence-corrected chi connectivity index (χ4v) is 7.90. The van der Waals surface area contributed by atoms with Gasteiger partial charge in [-0.15, -0.1) is 0 Å². The highest BCUT2D eigenvalue weighted by Crippen LogP contribution is 2.51. The molecule has 8 aromatic rings. The number of benzene rings is 8. The molecule has 0 bridgehead atoms. The first-order chi connectivity index (χ1) is 25.8. The van der Waals surface area contributed by atoms with E-state index in [9.17, 15) is 10.5 Å².